The molecule has 0 saturated heterocycles. The van der Waals surface area contributed by atoms with Crippen molar-refractivity contribution in [2.24, 2.45) is 0 Å². The van der Waals surface area contributed by atoms with Crippen molar-refractivity contribution in [2.75, 3.05) is 40.1 Å². The Morgan fingerprint density at radius 1 is 1.25 bits per heavy atom. The summed E-state index contributed by atoms with van der Waals surface area (Å²) in [6, 6.07) is 6.12. The zero-order valence-corrected chi connectivity index (χ0v) is 18.2. The van der Waals surface area contributed by atoms with E-state index in [0.717, 1.165) is 16.1 Å². The van der Waals surface area contributed by atoms with Gasteiger partial charge in [0, 0.05) is 38.9 Å². The van der Waals surface area contributed by atoms with Crippen molar-refractivity contribution in [2.45, 2.75) is 25.9 Å². The third-order valence-electron chi connectivity index (χ3n) is 4.18. The molecule has 158 valence electrons. The number of ether oxygens (including phenoxy) is 1. The number of nitrogens with one attached hydrogen (secondary N) is 1. The smallest absolute Gasteiger partial charge is 0.242 e. The summed E-state index contributed by atoms with van der Waals surface area (Å²) < 4.78 is 29.2. The average Bonchev–Trinajstić information content (AvgIpc) is 2.63. The molecule has 0 bridgehead atoms. The largest absolute Gasteiger partial charge is 0.385 e. The SMILES string of the molecule is COCCCNC(=O)[C@H](C)N(Cc1ccc(Cl)cc1)C(=O)CN(C)S(C)(=O)=O. The number of likely N-dealkylation sites (N-methyl/N-ethyl adjacent to an activating group) is 1. The van der Waals surface area contributed by atoms with E-state index >= 15 is 0 Å². The van der Waals surface area contributed by atoms with Crippen molar-refractivity contribution in [1.29, 1.82) is 0 Å². The van der Waals surface area contributed by atoms with E-state index in [1.54, 1.807) is 38.3 Å². The summed E-state index contributed by atoms with van der Waals surface area (Å²) in [5.41, 5.74) is 0.777. The Morgan fingerprint density at radius 3 is 2.39 bits per heavy atom. The highest BCUT2D eigenvalue weighted by Crippen LogP contribution is 2.14. The average molecular weight is 434 g/mol. The third-order valence-corrected chi connectivity index (χ3v) is 5.70. The first-order valence-corrected chi connectivity index (χ1v) is 11.0. The third kappa shape index (κ3) is 8.14. The molecule has 1 aromatic rings. The van der Waals surface area contributed by atoms with E-state index in [0.29, 0.717) is 24.6 Å². The van der Waals surface area contributed by atoms with Crippen LogP contribution >= 0.6 is 11.6 Å². The van der Waals surface area contributed by atoms with E-state index in [-0.39, 0.29) is 19.0 Å². The van der Waals surface area contributed by atoms with Gasteiger partial charge in [-0.15, -0.1) is 0 Å². The first-order valence-electron chi connectivity index (χ1n) is 8.78. The number of carbonyl (C=O) groups excluding carboxylic acids is 2. The Kier molecular flexibility index (Phi) is 9.88. The number of methoxy groups -OCH3 is 1. The molecule has 8 nitrogen and oxygen atoms in total. The molecule has 28 heavy (non-hydrogen) atoms. The summed E-state index contributed by atoms with van der Waals surface area (Å²) in [5.74, 6) is -0.789. The Balaban J connectivity index is 2.93. The van der Waals surface area contributed by atoms with Gasteiger partial charge in [0.25, 0.3) is 0 Å². The number of benzene rings is 1. The minimum atomic E-state index is -3.52. The second kappa shape index (κ2) is 11.4. The molecule has 0 aliphatic rings. The lowest BCUT2D eigenvalue weighted by Gasteiger charge is -2.30. The molecular weight excluding hydrogens is 406 g/mol. The van der Waals surface area contributed by atoms with Crippen molar-refractivity contribution in [3.8, 4) is 0 Å². The number of amides is 2. The van der Waals surface area contributed by atoms with Gasteiger partial charge < -0.3 is 15.0 Å². The van der Waals surface area contributed by atoms with Crippen LogP contribution in [0.4, 0.5) is 0 Å². The Morgan fingerprint density at radius 2 is 1.86 bits per heavy atom. The van der Waals surface area contributed by atoms with Gasteiger partial charge >= 0.3 is 0 Å². The van der Waals surface area contributed by atoms with Crippen LogP contribution in [0.25, 0.3) is 0 Å². The Hall–Kier alpha value is -1.68. The van der Waals surface area contributed by atoms with Gasteiger partial charge in [-0.2, -0.15) is 4.31 Å². The highest BCUT2D eigenvalue weighted by molar-refractivity contribution is 7.88. The molecule has 0 aromatic heterocycles. The van der Waals surface area contributed by atoms with E-state index in [1.807, 2.05) is 0 Å². The van der Waals surface area contributed by atoms with Gasteiger partial charge in [0.05, 0.1) is 12.8 Å². The van der Waals surface area contributed by atoms with Crippen molar-refractivity contribution in [3.63, 3.8) is 0 Å². The fourth-order valence-electron chi connectivity index (χ4n) is 2.34. The van der Waals surface area contributed by atoms with Gasteiger partial charge in [0.1, 0.15) is 6.04 Å². The minimum Gasteiger partial charge on any atom is -0.385 e. The maximum absolute atomic E-state index is 12.8. The zero-order chi connectivity index (χ0) is 21.3. The molecule has 2 amide bonds. The summed E-state index contributed by atoms with van der Waals surface area (Å²) in [6.07, 6.45) is 1.67. The van der Waals surface area contributed by atoms with Gasteiger partial charge in [-0.25, -0.2) is 8.42 Å². The fraction of sp³-hybridized carbons (Fsp3) is 0.556. The van der Waals surface area contributed by atoms with Crippen molar-refractivity contribution in [3.05, 3.63) is 34.9 Å². The van der Waals surface area contributed by atoms with Crippen LogP contribution in [0.15, 0.2) is 24.3 Å². The van der Waals surface area contributed by atoms with Crippen molar-refractivity contribution < 1.29 is 22.7 Å². The minimum absolute atomic E-state index is 0.153. The van der Waals surface area contributed by atoms with Crippen LogP contribution in [-0.2, 0) is 30.9 Å². The summed E-state index contributed by atoms with van der Waals surface area (Å²) in [7, 11) is -0.621. The van der Waals surface area contributed by atoms with Gasteiger partial charge in [-0.05, 0) is 31.0 Å². The molecular formula is C18H28ClN3O5S. The molecule has 0 saturated carbocycles. The molecule has 0 aliphatic heterocycles. The molecule has 0 aliphatic carbocycles. The number of halogens is 1. The molecule has 1 atom stereocenters. The van der Waals surface area contributed by atoms with Crippen molar-refractivity contribution in [1.82, 2.24) is 14.5 Å². The van der Waals surface area contributed by atoms with Crippen LogP contribution in [0.2, 0.25) is 5.02 Å². The number of rotatable bonds is 11. The van der Waals surface area contributed by atoms with Gasteiger partial charge in [-0.3, -0.25) is 9.59 Å². The predicted octanol–water partition coefficient (Wildman–Crippen LogP) is 1.10. The molecule has 10 heteroatoms. The number of hydrogen-bond acceptors (Lipinski definition) is 5. The summed E-state index contributed by atoms with van der Waals surface area (Å²) in [5, 5.41) is 3.32. The molecule has 0 heterocycles. The predicted molar refractivity (Wildman–Crippen MR) is 108 cm³/mol. The fourth-order valence-corrected chi connectivity index (χ4v) is 2.81. The number of carbonyl (C=O) groups is 2. The van der Waals surface area contributed by atoms with Crippen molar-refractivity contribution >= 4 is 33.4 Å². The number of sulfonamides is 1. The Bertz CT molecular complexity index is 755. The zero-order valence-electron chi connectivity index (χ0n) is 16.6. The van der Waals surface area contributed by atoms with Crippen LogP contribution in [0.3, 0.4) is 0 Å². The summed E-state index contributed by atoms with van der Waals surface area (Å²) in [4.78, 5) is 26.6. The van der Waals surface area contributed by atoms with Crippen LogP contribution in [0.5, 0.6) is 0 Å². The maximum Gasteiger partial charge on any atom is 0.242 e. The Labute approximate surface area is 171 Å². The topological polar surface area (TPSA) is 96.0 Å². The monoisotopic (exact) mass is 433 g/mol. The van der Waals surface area contributed by atoms with Crippen LogP contribution in [0.1, 0.15) is 18.9 Å². The van der Waals surface area contributed by atoms with Gasteiger partial charge in [0.2, 0.25) is 21.8 Å². The molecule has 0 unspecified atom stereocenters. The quantitative estimate of drug-likeness (QED) is 0.527. The van der Waals surface area contributed by atoms with E-state index in [9.17, 15) is 18.0 Å². The molecule has 0 radical (unpaired) electrons. The van der Waals surface area contributed by atoms with Crippen LogP contribution in [0, 0.1) is 0 Å². The van der Waals surface area contributed by atoms with Crippen LogP contribution in [-0.4, -0.2) is 75.6 Å². The number of nitrogens with zero attached hydrogens (tertiary/aromatic N) is 2. The summed E-state index contributed by atoms with van der Waals surface area (Å²) in [6.45, 7) is 2.35. The molecule has 1 rings (SSSR count). The number of hydrogen-bond donors (Lipinski definition) is 1. The lowest BCUT2D eigenvalue weighted by atomic mass is 10.1. The first kappa shape index (κ1) is 24.4. The van der Waals surface area contributed by atoms with E-state index in [4.69, 9.17) is 16.3 Å². The van der Waals surface area contributed by atoms with E-state index in [1.165, 1.54) is 11.9 Å². The van der Waals surface area contributed by atoms with Crippen LogP contribution < -0.4 is 5.32 Å². The van der Waals surface area contributed by atoms with Gasteiger partial charge in [0.15, 0.2) is 0 Å². The molecule has 0 spiro atoms. The molecule has 1 aromatic carbocycles. The highest BCUT2D eigenvalue weighted by Gasteiger charge is 2.28. The molecule has 0 fully saturated rings. The first-order chi connectivity index (χ1) is 13.1. The normalized spacial score (nSPS) is 12.6. The second-order valence-corrected chi connectivity index (χ2v) is 9.01. The molecule has 1 N–H and O–H groups in total. The van der Waals surface area contributed by atoms with Gasteiger partial charge in [-0.1, -0.05) is 23.7 Å². The maximum atomic E-state index is 12.8. The van der Waals surface area contributed by atoms with E-state index < -0.39 is 22.0 Å². The lowest BCUT2D eigenvalue weighted by molar-refractivity contribution is -0.140. The second-order valence-electron chi connectivity index (χ2n) is 6.48. The summed E-state index contributed by atoms with van der Waals surface area (Å²) >= 11 is 5.90. The standard InChI is InChI=1S/C18H28ClN3O5S/c1-14(18(24)20-10-5-11-27-3)22(12-15-6-8-16(19)9-7-15)17(23)13-21(2)28(4,25)26/h6-9,14H,5,10-13H2,1-4H3,(H,20,24)/t14-/m0/s1. The van der Waals surface area contributed by atoms with E-state index in [2.05, 4.69) is 5.32 Å². The lowest BCUT2D eigenvalue weighted by Crippen LogP contribution is -2.50. The highest BCUT2D eigenvalue weighted by atomic mass is 35.5.